The molecule has 0 spiro atoms. The van der Waals surface area contributed by atoms with Crippen molar-refractivity contribution in [1.82, 2.24) is 9.88 Å². The summed E-state index contributed by atoms with van der Waals surface area (Å²) in [6, 6.07) is 3.96. The summed E-state index contributed by atoms with van der Waals surface area (Å²) in [4.78, 5) is 11.8. The molecule has 0 fully saturated rings. The van der Waals surface area contributed by atoms with Gasteiger partial charge in [0.2, 0.25) is 0 Å². The fraction of sp³-hybridized carbons (Fsp3) is 0.583. The quantitative estimate of drug-likeness (QED) is 0.774. The minimum absolute atomic E-state index is 0.0153. The number of amides is 1. The maximum Gasteiger partial charge on any atom is 0.268 e. The zero-order valence-corrected chi connectivity index (χ0v) is 11.0. The van der Waals surface area contributed by atoms with Crippen LogP contribution in [0.1, 0.15) is 30.8 Å². The van der Waals surface area contributed by atoms with Gasteiger partial charge in [0.15, 0.2) is 0 Å². The topological polar surface area (TPSA) is 34.0 Å². The Bertz CT molecular complexity index is 336. The Hall–Kier alpha value is -0.900. The molecule has 1 amide bonds. The number of hydrogen-bond donors (Lipinski definition) is 1. The smallest absolute Gasteiger partial charge is 0.268 e. The van der Waals surface area contributed by atoms with E-state index in [1.54, 1.807) is 0 Å². The number of nitrogens with one attached hydrogen (secondary N) is 1. The molecule has 1 heterocycles. The van der Waals surface area contributed by atoms with E-state index >= 15 is 0 Å². The van der Waals surface area contributed by atoms with Crippen LogP contribution in [0.5, 0.6) is 0 Å². The van der Waals surface area contributed by atoms with Crippen LogP contribution in [0.3, 0.4) is 0 Å². The van der Waals surface area contributed by atoms with Gasteiger partial charge in [0.25, 0.3) is 5.91 Å². The van der Waals surface area contributed by atoms with Gasteiger partial charge in [-0.1, -0.05) is 6.92 Å². The van der Waals surface area contributed by atoms with Crippen molar-refractivity contribution in [2.24, 2.45) is 7.05 Å². The van der Waals surface area contributed by atoms with E-state index < -0.39 is 0 Å². The zero-order chi connectivity index (χ0) is 12.0. The third kappa shape index (κ3) is 3.93. The Morgan fingerprint density at radius 3 is 2.94 bits per heavy atom. The lowest BCUT2D eigenvalue weighted by Crippen LogP contribution is -2.34. The molecule has 0 aliphatic rings. The van der Waals surface area contributed by atoms with Gasteiger partial charge >= 0.3 is 0 Å². The number of thioether (sulfide) groups is 1. The lowest BCUT2D eigenvalue weighted by atomic mass is 10.2. The number of aromatic nitrogens is 1. The highest BCUT2D eigenvalue weighted by atomic mass is 32.2. The molecule has 0 saturated heterocycles. The van der Waals surface area contributed by atoms with E-state index in [1.165, 1.54) is 0 Å². The molecule has 1 aromatic heterocycles. The number of rotatable bonds is 6. The number of hydrogen-bond acceptors (Lipinski definition) is 2. The number of carbonyl (C=O) groups excluding carboxylic acids is 1. The van der Waals surface area contributed by atoms with Gasteiger partial charge in [0.1, 0.15) is 5.69 Å². The number of nitrogens with zero attached hydrogens (tertiary/aromatic N) is 1. The minimum Gasteiger partial charge on any atom is -0.348 e. The summed E-state index contributed by atoms with van der Waals surface area (Å²) >= 11 is 1.91. The number of aryl methyl sites for hydroxylation is 1. The molecule has 0 aromatic carbocycles. The highest BCUT2D eigenvalue weighted by Crippen LogP contribution is 2.05. The summed E-state index contributed by atoms with van der Waals surface area (Å²) in [6.07, 6.45) is 2.90. The third-order valence-electron chi connectivity index (χ3n) is 2.45. The molecule has 1 unspecified atom stereocenters. The molecule has 90 valence electrons. The summed E-state index contributed by atoms with van der Waals surface area (Å²) in [5.74, 6) is 2.25. The summed E-state index contributed by atoms with van der Waals surface area (Å²) in [5.41, 5.74) is 0.718. The molecule has 1 atom stereocenters. The average molecular weight is 240 g/mol. The lowest BCUT2D eigenvalue weighted by Gasteiger charge is -2.13. The van der Waals surface area contributed by atoms with Gasteiger partial charge in [-0.05, 0) is 37.0 Å². The Labute approximate surface area is 102 Å². The van der Waals surface area contributed by atoms with Crippen LogP contribution in [-0.2, 0) is 7.05 Å². The van der Waals surface area contributed by atoms with Crippen molar-refractivity contribution in [3.05, 3.63) is 24.0 Å². The fourth-order valence-corrected chi connectivity index (χ4v) is 2.28. The van der Waals surface area contributed by atoms with Gasteiger partial charge in [-0.25, -0.2) is 0 Å². The molecule has 4 heteroatoms. The fourth-order valence-electron chi connectivity index (χ4n) is 1.47. The first-order valence-corrected chi connectivity index (χ1v) is 6.80. The maximum atomic E-state index is 11.8. The maximum absolute atomic E-state index is 11.8. The van der Waals surface area contributed by atoms with E-state index in [9.17, 15) is 4.79 Å². The zero-order valence-electron chi connectivity index (χ0n) is 10.2. The van der Waals surface area contributed by atoms with Crippen molar-refractivity contribution in [1.29, 1.82) is 0 Å². The highest BCUT2D eigenvalue weighted by Gasteiger charge is 2.11. The van der Waals surface area contributed by atoms with Gasteiger partial charge < -0.3 is 9.88 Å². The van der Waals surface area contributed by atoms with E-state index in [0.29, 0.717) is 0 Å². The van der Waals surface area contributed by atoms with Crippen LogP contribution in [0.15, 0.2) is 18.3 Å². The SMILES string of the molecule is CCSCCC(C)NC(=O)c1cccn1C. The second-order valence-corrected chi connectivity index (χ2v) is 5.26. The van der Waals surface area contributed by atoms with Crippen molar-refractivity contribution in [3.63, 3.8) is 0 Å². The predicted molar refractivity (Wildman–Crippen MR) is 70.0 cm³/mol. The Balaban J connectivity index is 2.37. The second-order valence-electron chi connectivity index (χ2n) is 3.86. The van der Waals surface area contributed by atoms with Gasteiger partial charge in [-0.2, -0.15) is 11.8 Å². The molecule has 0 bridgehead atoms. The minimum atomic E-state index is 0.0153. The number of carbonyl (C=O) groups is 1. The van der Waals surface area contributed by atoms with Gasteiger partial charge in [0, 0.05) is 19.3 Å². The molecule has 0 saturated carbocycles. The van der Waals surface area contributed by atoms with E-state index in [-0.39, 0.29) is 11.9 Å². The first-order valence-electron chi connectivity index (χ1n) is 5.65. The van der Waals surface area contributed by atoms with E-state index in [2.05, 4.69) is 19.2 Å². The molecule has 16 heavy (non-hydrogen) atoms. The van der Waals surface area contributed by atoms with Crippen molar-refractivity contribution in [2.45, 2.75) is 26.3 Å². The molecule has 0 aliphatic heterocycles. The molecule has 3 nitrogen and oxygen atoms in total. The van der Waals surface area contributed by atoms with Gasteiger partial charge in [-0.3, -0.25) is 4.79 Å². The molecule has 1 aromatic rings. The molecular formula is C12H20N2OS. The summed E-state index contributed by atoms with van der Waals surface area (Å²) in [6.45, 7) is 4.20. The molecule has 1 N–H and O–H groups in total. The Kier molecular flexibility index (Phi) is 5.46. The van der Waals surface area contributed by atoms with E-state index in [4.69, 9.17) is 0 Å². The lowest BCUT2D eigenvalue weighted by molar-refractivity contribution is 0.0931. The summed E-state index contributed by atoms with van der Waals surface area (Å²) in [5, 5.41) is 3.01. The highest BCUT2D eigenvalue weighted by molar-refractivity contribution is 7.99. The van der Waals surface area contributed by atoms with Crippen molar-refractivity contribution in [3.8, 4) is 0 Å². The Morgan fingerprint density at radius 1 is 1.62 bits per heavy atom. The van der Waals surface area contributed by atoms with Crippen LogP contribution in [0.25, 0.3) is 0 Å². The van der Waals surface area contributed by atoms with E-state index in [1.807, 2.05) is 41.7 Å². The Morgan fingerprint density at radius 2 is 2.38 bits per heavy atom. The van der Waals surface area contributed by atoms with Gasteiger partial charge in [0.05, 0.1) is 0 Å². The summed E-state index contributed by atoms with van der Waals surface area (Å²) in [7, 11) is 1.88. The normalized spacial score (nSPS) is 12.4. The largest absolute Gasteiger partial charge is 0.348 e. The van der Waals surface area contributed by atoms with Crippen LogP contribution in [0, 0.1) is 0 Å². The van der Waals surface area contributed by atoms with Crippen LogP contribution in [-0.4, -0.2) is 28.0 Å². The first-order chi connectivity index (χ1) is 7.65. The third-order valence-corrected chi connectivity index (χ3v) is 3.39. The van der Waals surface area contributed by atoms with Crippen LogP contribution in [0.4, 0.5) is 0 Å². The molecule has 0 radical (unpaired) electrons. The van der Waals surface area contributed by atoms with E-state index in [0.717, 1.165) is 23.6 Å². The van der Waals surface area contributed by atoms with Gasteiger partial charge in [-0.15, -0.1) is 0 Å². The van der Waals surface area contributed by atoms with Crippen molar-refractivity contribution in [2.75, 3.05) is 11.5 Å². The predicted octanol–water partition coefficient (Wildman–Crippen LogP) is 2.29. The standard InChI is InChI=1S/C12H20N2OS/c1-4-16-9-7-10(2)13-12(15)11-6-5-8-14(11)3/h5-6,8,10H,4,7,9H2,1-3H3,(H,13,15). The van der Waals surface area contributed by atoms with Crippen molar-refractivity contribution >= 4 is 17.7 Å². The monoisotopic (exact) mass is 240 g/mol. The molecule has 0 aliphatic carbocycles. The molecular weight excluding hydrogens is 220 g/mol. The second kappa shape index (κ2) is 6.63. The van der Waals surface area contributed by atoms with Crippen LogP contribution in [0.2, 0.25) is 0 Å². The van der Waals surface area contributed by atoms with Crippen molar-refractivity contribution < 1.29 is 4.79 Å². The van der Waals surface area contributed by atoms with Crippen LogP contribution >= 0.6 is 11.8 Å². The van der Waals surface area contributed by atoms with Crippen LogP contribution < -0.4 is 5.32 Å². The average Bonchev–Trinajstić information content (AvgIpc) is 2.65. The first kappa shape index (κ1) is 13.2. The molecule has 1 rings (SSSR count). The summed E-state index contributed by atoms with van der Waals surface area (Å²) < 4.78 is 1.84.